The second-order valence-corrected chi connectivity index (χ2v) is 3.86. The highest BCUT2D eigenvalue weighted by atomic mass is 16.4. The predicted molar refractivity (Wildman–Crippen MR) is 64.1 cm³/mol. The van der Waals surface area contributed by atoms with Gasteiger partial charge in [-0.15, -0.1) is 0 Å². The lowest BCUT2D eigenvalue weighted by molar-refractivity contribution is -0.138. The Hall–Kier alpha value is -1.86. The van der Waals surface area contributed by atoms with Crippen LogP contribution in [0.25, 0.3) is 0 Å². The molecule has 88 valence electrons. The third-order valence-corrected chi connectivity index (χ3v) is 2.67. The molecule has 2 rings (SSSR count). The minimum Gasteiger partial charge on any atom is -0.480 e. The first-order valence-corrected chi connectivity index (χ1v) is 5.16. The number of hydrogen-bond acceptors (Lipinski definition) is 5. The van der Waals surface area contributed by atoms with Gasteiger partial charge in [-0.3, -0.25) is 4.79 Å². The van der Waals surface area contributed by atoms with Crippen molar-refractivity contribution in [3.05, 3.63) is 29.3 Å². The first-order valence-electron chi connectivity index (χ1n) is 5.16. The molecule has 0 fully saturated rings. The number of hydrogen-bond donors (Lipinski definition) is 4. The van der Waals surface area contributed by atoms with E-state index in [1.165, 1.54) is 0 Å². The minimum absolute atomic E-state index is 0.206. The van der Waals surface area contributed by atoms with Gasteiger partial charge < -0.3 is 21.2 Å². The second kappa shape index (κ2) is 4.56. The van der Waals surface area contributed by atoms with E-state index in [4.69, 9.17) is 10.8 Å². The number of carboxylic acid groups (broad SMARTS) is 1. The van der Waals surface area contributed by atoms with Crippen LogP contribution in [-0.2, 0) is 11.2 Å². The lowest BCUT2D eigenvalue weighted by Crippen LogP contribution is -2.47. The molecule has 0 aromatic heterocycles. The van der Waals surface area contributed by atoms with Crippen LogP contribution in [0.4, 0.5) is 0 Å². The number of nitrogens with one attached hydrogen (secondary N) is 1. The summed E-state index contributed by atoms with van der Waals surface area (Å²) in [4.78, 5) is 10.7. The van der Waals surface area contributed by atoms with Crippen molar-refractivity contribution in [2.75, 3.05) is 0 Å². The van der Waals surface area contributed by atoms with E-state index in [1.807, 2.05) is 0 Å². The lowest BCUT2D eigenvalue weighted by Gasteiger charge is -2.18. The number of carbonyl (C=O) groups is 1. The predicted octanol–water partition coefficient (Wildman–Crippen LogP) is -1.73. The van der Waals surface area contributed by atoms with Gasteiger partial charge in [-0.2, -0.15) is 5.10 Å². The highest BCUT2D eigenvalue weighted by Gasteiger charge is 2.24. The van der Waals surface area contributed by atoms with Crippen molar-refractivity contribution in [2.45, 2.75) is 12.5 Å². The van der Waals surface area contributed by atoms with Crippen LogP contribution in [0.3, 0.4) is 0 Å². The zero-order valence-corrected chi connectivity index (χ0v) is 9.00. The molecule has 0 aliphatic carbocycles. The van der Waals surface area contributed by atoms with Gasteiger partial charge in [0, 0.05) is 0 Å². The molecule has 7 heteroatoms. The molecule has 5 N–H and O–H groups in total. The Kier molecular flexibility index (Phi) is 3.12. The van der Waals surface area contributed by atoms with Gasteiger partial charge in [0.1, 0.15) is 6.04 Å². The summed E-state index contributed by atoms with van der Waals surface area (Å²) in [6.07, 6.45) is 1.77. The van der Waals surface area contributed by atoms with E-state index < -0.39 is 19.1 Å². The normalized spacial score (nSPS) is 15.1. The van der Waals surface area contributed by atoms with Crippen LogP contribution in [-0.4, -0.2) is 35.4 Å². The van der Waals surface area contributed by atoms with Gasteiger partial charge in [-0.25, -0.2) is 0 Å². The highest BCUT2D eigenvalue weighted by molar-refractivity contribution is 6.65. The van der Waals surface area contributed by atoms with Crippen molar-refractivity contribution in [1.82, 2.24) is 5.34 Å². The third kappa shape index (κ3) is 2.30. The summed E-state index contributed by atoms with van der Waals surface area (Å²) in [6, 6.07) is 4.34. The summed E-state index contributed by atoms with van der Waals surface area (Å²) in [6.45, 7) is 0. The maximum absolute atomic E-state index is 10.7. The van der Waals surface area contributed by atoms with Crippen LogP contribution in [0.1, 0.15) is 11.1 Å². The van der Waals surface area contributed by atoms with Gasteiger partial charge in [0.15, 0.2) is 0 Å². The quantitative estimate of drug-likeness (QED) is 0.464. The fourth-order valence-electron chi connectivity index (χ4n) is 1.77. The van der Waals surface area contributed by atoms with Gasteiger partial charge in [0.2, 0.25) is 0 Å². The third-order valence-electron chi connectivity index (χ3n) is 2.67. The Labute approximate surface area is 98.3 Å². The fourth-order valence-corrected chi connectivity index (χ4v) is 1.77. The standard InChI is InChI=1S/C10H12BN3O3/c12-9(10(15)16)4-6-2-1-3-8-7(6)5-13-14-11(8)17/h1-3,5,9,14,17H,4,12H2,(H,15,16)/t9-/m0/s1. The summed E-state index contributed by atoms with van der Waals surface area (Å²) >= 11 is 0. The molecule has 0 radical (unpaired) electrons. The number of carboxylic acids is 1. The molecule has 1 heterocycles. The Morgan fingerprint density at radius 2 is 2.35 bits per heavy atom. The molecule has 1 aliphatic rings. The summed E-state index contributed by atoms with van der Waals surface area (Å²) in [5.41, 5.74) is 7.67. The maximum atomic E-state index is 10.7. The number of aliphatic carboxylic acids is 1. The zero-order valence-electron chi connectivity index (χ0n) is 9.00. The highest BCUT2D eigenvalue weighted by Crippen LogP contribution is 2.09. The van der Waals surface area contributed by atoms with Gasteiger partial charge in [0.05, 0.1) is 6.21 Å². The molecule has 0 saturated heterocycles. The van der Waals surface area contributed by atoms with E-state index in [-0.39, 0.29) is 6.42 Å². The molecule has 1 aliphatic heterocycles. The molecule has 17 heavy (non-hydrogen) atoms. The Morgan fingerprint density at radius 3 is 3.06 bits per heavy atom. The van der Waals surface area contributed by atoms with Crippen molar-refractivity contribution >= 4 is 24.7 Å². The summed E-state index contributed by atoms with van der Waals surface area (Å²) < 4.78 is 0. The van der Waals surface area contributed by atoms with Crippen LogP contribution < -0.4 is 16.5 Å². The van der Waals surface area contributed by atoms with E-state index in [0.29, 0.717) is 5.46 Å². The van der Waals surface area contributed by atoms with E-state index in [0.717, 1.165) is 11.1 Å². The number of benzene rings is 1. The monoisotopic (exact) mass is 233 g/mol. The maximum Gasteiger partial charge on any atom is 0.464 e. The lowest BCUT2D eigenvalue weighted by atomic mass is 9.70. The molecule has 1 aromatic rings. The SMILES string of the molecule is N[C@@H](Cc1cccc2c1C=NNB2O)C(=O)O. The number of nitrogens with two attached hydrogens (primary N) is 1. The van der Waals surface area contributed by atoms with Crippen LogP contribution in [0, 0.1) is 0 Å². The summed E-state index contributed by atoms with van der Waals surface area (Å²) in [5, 5.41) is 24.8. The summed E-state index contributed by atoms with van der Waals surface area (Å²) in [7, 11) is -0.865. The number of fused-ring (bicyclic) bond motifs is 1. The first kappa shape index (κ1) is 11.6. The molecule has 1 atom stereocenters. The van der Waals surface area contributed by atoms with E-state index in [2.05, 4.69) is 10.4 Å². The van der Waals surface area contributed by atoms with Gasteiger partial charge in [0.25, 0.3) is 0 Å². The van der Waals surface area contributed by atoms with Crippen LogP contribution in [0.15, 0.2) is 23.3 Å². The average molecular weight is 233 g/mol. The van der Waals surface area contributed by atoms with Crippen molar-refractivity contribution < 1.29 is 14.9 Å². The van der Waals surface area contributed by atoms with Gasteiger partial charge >= 0.3 is 13.0 Å². The molecular formula is C10H12BN3O3. The molecule has 6 nitrogen and oxygen atoms in total. The number of nitrogens with zero attached hydrogens (tertiary/aromatic N) is 1. The number of rotatable bonds is 3. The zero-order chi connectivity index (χ0) is 12.4. The van der Waals surface area contributed by atoms with Crippen molar-refractivity contribution in [3.63, 3.8) is 0 Å². The topological polar surface area (TPSA) is 108 Å². The smallest absolute Gasteiger partial charge is 0.464 e. The Bertz CT molecular complexity index is 478. The first-order chi connectivity index (χ1) is 8.09. The van der Waals surface area contributed by atoms with Crippen molar-refractivity contribution in [1.29, 1.82) is 0 Å². The van der Waals surface area contributed by atoms with Crippen molar-refractivity contribution in [2.24, 2.45) is 10.8 Å². The molecule has 0 amide bonds. The molecule has 0 spiro atoms. The Balaban J connectivity index is 2.34. The van der Waals surface area contributed by atoms with Crippen LogP contribution in [0.5, 0.6) is 0 Å². The number of hydrazone groups is 1. The minimum atomic E-state index is -1.05. The molecule has 0 saturated carbocycles. The van der Waals surface area contributed by atoms with Gasteiger partial charge in [-0.1, -0.05) is 18.2 Å². The largest absolute Gasteiger partial charge is 0.480 e. The van der Waals surface area contributed by atoms with Gasteiger partial charge in [-0.05, 0) is 23.0 Å². The molecule has 1 aromatic carbocycles. The fraction of sp³-hybridized carbons (Fsp3) is 0.200. The molecular weight excluding hydrogens is 221 g/mol. The van der Waals surface area contributed by atoms with E-state index >= 15 is 0 Å². The Morgan fingerprint density at radius 1 is 1.59 bits per heavy atom. The van der Waals surface area contributed by atoms with Crippen molar-refractivity contribution in [3.8, 4) is 0 Å². The van der Waals surface area contributed by atoms with E-state index in [1.54, 1.807) is 24.4 Å². The average Bonchev–Trinajstić information content (AvgIpc) is 2.30. The summed E-state index contributed by atoms with van der Waals surface area (Å²) in [5.74, 6) is -1.05. The van der Waals surface area contributed by atoms with E-state index in [9.17, 15) is 9.82 Å². The van der Waals surface area contributed by atoms with Crippen LogP contribution >= 0.6 is 0 Å². The molecule has 0 bridgehead atoms. The second-order valence-electron chi connectivity index (χ2n) is 3.86. The van der Waals surface area contributed by atoms with Crippen LogP contribution in [0.2, 0.25) is 0 Å². The molecule has 0 unspecified atom stereocenters.